The molecule has 2 fully saturated rings. The lowest BCUT2D eigenvalue weighted by atomic mass is 9.85. The van der Waals surface area contributed by atoms with Gasteiger partial charge in [-0.1, -0.05) is 30.3 Å². The maximum atomic E-state index is 3.68. The van der Waals surface area contributed by atoms with E-state index >= 15 is 0 Å². The molecule has 3 rings (SSSR count). The number of hydrogen-bond donors (Lipinski definition) is 1. The van der Waals surface area contributed by atoms with Gasteiger partial charge < -0.3 is 5.32 Å². The van der Waals surface area contributed by atoms with Crippen molar-refractivity contribution < 1.29 is 0 Å². The molecule has 1 aromatic carbocycles. The highest BCUT2D eigenvalue weighted by atomic mass is 15.2. The highest BCUT2D eigenvalue weighted by Crippen LogP contribution is 2.25. The van der Waals surface area contributed by atoms with Crippen LogP contribution in [0.1, 0.15) is 24.8 Å². The van der Waals surface area contributed by atoms with Gasteiger partial charge in [-0.3, -0.25) is 4.90 Å². The molecule has 0 bridgehead atoms. The first-order valence-electron chi connectivity index (χ1n) is 6.91. The molecule has 2 aliphatic rings. The van der Waals surface area contributed by atoms with Crippen LogP contribution in [0.4, 0.5) is 0 Å². The Hall–Kier alpha value is -0.860. The molecule has 2 nitrogen and oxygen atoms in total. The molecular formula is C15H22N2. The Morgan fingerprint density at radius 3 is 2.94 bits per heavy atom. The second-order valence-corrected chi connectivity index (χ2v) is 5.47. The fourth-order valence-corrected chi connectivity index (χ4v) is 3.31. The first-order valence-corrected chi connectivity index (χ1v) is 6.91. The number of likely N-dealkylation sites (tertiary alicyclic amines) is 1. The Bertz CT molecular complexity index is 349. The van der Waals surface area contributed by atoms with Crippen LogP contribution in [0.15, 0.2) is 30.3 Å². The summed E-state index contributed by atoms with van der Waals surface area (Å²) >= 11 is 0. The van der Waals surface area contributed by atoms with Gasteiger partial charge in [0.1, 0.15) is 0 Å². The Kier molecular flexibility index (Phi) is 3.44. The number of nitrogens with one attached hydrogen (secondary N) is 1. The SMILES string of the molecule is c1ccc(CN2CC[C@@H]3NCCC[C@@H]3C2)cc1. The monoisotopic (exact) mass is 230 g/mol. The van der Waals surface area contributed by atoms with Gasteiger partial charge >= 0.3 is 0 Å². The van der Waals surface area contributed by atoms with Crippen LogP contribution >= 0.6 is 0 Å². The Morgan fingerprint density at radius 2 is 2.06 bits per heavy atom. The van der Waals surface area contributed by atoms with Crippen molar-refractivity contribution >= 4 is 0 Å². The number of benzene rings is 1. The summed E-state index contributed by atoms with van der Waals surface area (Å²) in [4.78, 5) is 2.63. The van der Waals surface area contributed by atoms with Crippen LogP contribution in [-0.2, 0) is 6.54 Å². The molecule has 2 heterocycles. The fourth-order valence-electron chi connectivity index (χ4n) is 3.31. The molecule has 1 N–H and O–H groups in total. The van der Waals surface area contributed by atoms with Crippen molar-refractivity contribution in [1.29, 1.82) is 0 Å². The molecule has 2 atom stereocenters. The van der Waals surface area contributed by atoms with Crippen LogP contribution in [0.3, 0.4) is 0 Å². The predicted octanol–water partition coefficient (Wildman–Crippen LogP) is 2.26. The van der Waals surface area contributed by atoms with Crippen LogP contribution < -0.4 is 5.32 Å². The van der Waals surface area contributed by atoms with Gasteiger partial charge in [-0.15, -0.1) is 0 Å². The first-order chi connectivity index (χ1) is 8.42. The molecule has 2 heteroatoms. The summed E-state index contributed by atoms with van der Waals surface area (Å²) in [6.45, 7) is 4.90. The zero-order chi connectivity index (χ0) is 11.5. The van der Waals surface area contributed by atoms with Gasteiger partial charge in [-0.25, -0.2) is 0 Å². The maximum Gasteiger partial charge on any atom is 0.0233 e. The van der Waals surface area contributed by atoms with Gasteiger partial charge in [0, 0.05) is 19.1 Å². The summed E-state index contributed by atoms with van der Waals surface area (Å²) < 4.78 is 0. The van der Waals surface area contributed by atoms with Crippen molar-refractivity contribution in [2.45, 2.75) is 31.8 Å². The molecule has 0 radical (unpaired) electrons. The van der Waals surface area contributed by atoms with Crippen molar-refractivity contribution in [3.05, 3.63) is 35.9 Å². The lowest BCUT2D eigenvalue weighted by molar-refractivity contribution is 0.109. The third kappa shape index (κ3) is 2.70. The van der Waals surface area contributed by atoms with Crippen LogP contribution in [0, 0.1) is 5.92 Å². The summed E-state index contributed by atoms with van der Waals surface area (Å²) in [5, 5.41) is 3.68. The summed E-state index contributed by atoms with van der Waals surface area (Å²) in [6.07, 6.45) is 4.11. The van der Waals surface area contributed by atoms with E-state index in [0.29, 0.717) is 0 Å². The second-order valence-electron chi connectivity index (χ2n) is 5.47. The molecule has 17 heavy (non-hydrogen) atoms. The number of hydrogen-bond acceptors (Lipinski definition) is 2. The Labute approximate surface area is 104 Å². The molecule has 1 aromatic rings. The van der Waals surface area contributed by atoms with E-state index in [4.69, 9.17) is 0 Å². The average Bonchev–Trinajstić information content (AvgIpc) is 2.40. The van der Waals surface area contributed by atoms with E-state index in [2.05, 4.69) is 40.5 Å². The zero-order valence-electron chi connectivity index (χ0n) is 10.4. The third-order valence-electron chi connectivity index (χ3n) is 4.23. The standard InChI is InChI=1S/C15H22N2/c1-2-5-13(6-3-1)11-17-10-8-15-14(12-17)7-4-9-16-15/h1-3,5-6,14-16H,4,7-12H2/t14-,15+/m1/s1. The van der Waals surface area contributed by atoms with E-state index in [0.717, 1.165) is 18.5 Å². The van der Waals surface area contributed by atoms with Gasteiger partial charge in [0.2, 0.25) is 0 Å². The van der Waals surface area contributed by atoms with Gasteiger partial charge in [0.15, 0.2) is 0 Å². The van der Waals surface area contributed by atoms with Gasteiger partial charge in [0.25, 0.3) is 0 Å². The number of rotatable bonds is 2. The van der Waals surface area contributed by atoms with Crippen LogP contribution in [0.25, 0.3) is 0 Å². The van der Waals surface area contributed by atoms with E-state index in [1.54, 1.807) is 0 Å². The number of piperidine rings is 2. The predicted molar refractivity (Wildman–Crippen MR) is 70.9 cm³/mol. The summed E-state index contributed by atoms with van der Waals surface area (Å²) in [5.74, 6) is 0.890. The van der Waals surface area contributed by atoms with E-state index in [1.807, 2.05) is 0 Å². The molecule has 0 spiro atoms. The van der Waals surface area contributed by atoms with Crippen molar-refractivity contribution in [2.75, 3.05) is 19.6 Å². The molecule has 2 aliphatic heterocycles. The lowest BCUT2D eigenvalue weighted by Crippen LogP contribution is -2.51. The topological polar surface area (TPSA) is 15.3 Å². The summed E-state index contributed by atoms with van der Waals surface area (Å²) in [6, 6.07) is 11.7. The molecule has 2 saturated heterocycles. The maximum absolute atomic E-state index is 3.68. The van der Waals surface area contributed by atoms with E-state index in [-0.39, 0.29) is 0 Å². The smallest absolute Gasteiger partial charge is 0.0233 e. The Morgan fingerprint density at radius 1 is 1.18 bits per heavy atom. The minimum absolute atomic E-state index is 0.802. The van der Waals surface area contributed by atoms with E-state index in [9.17, 15) is 0 Å². The lowest BCUT2D eigenvalue weighted by Gasteiger charge is -2.41. The number of nitrogens with zero attached hydrogens (tertiary/aromatic N) is 1. The summed E-state index contributed by atoms with van der Waals surface area (Å²) in [5.41, 5.74) is 1.45. The molecule has 92 valence electrons. The molecule has 0 aliphatic carbocycles. The van der Waals surface area contributed by atoms with Crippen LogP contribution in [-0.4, -0.2) is 30.6 Å². The normalized spacial score (nSPS) is 29.9. The molecule has 0 amide bonds. The highest BCUT2D eigenvalue weighted by Gasteiger charge is 2.30. The molecule has 0 aromatic heterocycles. The third-order valence-corrected chi connectivity index (χ3v) is 4.23. The number of fused-ring (bicyclic) bond motifs is 1. The van der Waals surface area contributed by atoms with E-state index in [1.165, 1.54) is 44.5 Å². The van der Waals surface area contributed by atoms with Gasteiger partial charge in [-0.05, 0) is 43.8 Å². The second kappa shape index (κ2) is 5.19. The fraction of sp³-hybridized carbons (Fsp3) is 0.600. The Balaban J connectivity index is 1.59. The van der Waals surface area contributed by atoms with Crippen molar-refractivity contribution in [3.63, 3.8) is 0 Å². The van der Waals surface area contributed by atoms with Crippen LogP contribution in [0.2, 0.25) is 0 Å². The minimum Gasteiger partial charge on any atom is -0.314 e. The quantitative estimate of drug-likeness (QED) is 0.838. The van der Waals surface area contributed by atoms with Gasteiger partial charge in [-0.2, -0.15) is 0 Å². The van der Waals surface area contributed by atoms with Gasteiger partial charge in [0.05, 0.1) is 0 Å². The zero-order valence-corrected chi connectivity index (χ0v) is 10.4. The molecule has 0 unspecified atom stereocenters. The molecular weight excluding hydrogens is 208 g/mol. The molecule has 0 saturated carbocycles. The van der Waals surface area contributed by atoms with Crippen molar-refractivity contribution in [3.8, 4) is 0 Å². The first kappa shape index (κ1) is 11.2. The van der Waals surface area contributed by atoms with E-state index < -0.39 is 0 Å². The van der Waals surface area contributed by atoms with Crippen molar-refractivity contribution in [1.82, 2.24) is 10.2 Å². The highest BCUT2D eigenvalue weighted by molar-refractivity contribution is 5.14. The van der Waals surface area contributed by atoms with Crippen LogP contribution in [0.5, 0.6) is 0 Å². The minimum atomic E-state index is 0.802. The largest absolute Gasteiger partial charge is 0.314 e. The summed E-state index contributed by atoms with van der Waals surface area (Å²) in [7, 11) is 0. The van der Waals surface area contributed by atoms with Crippen molar-refractivity contribution in [2.24, 2.45) is 5.92 Å². The average molecular weight is 230 g/mol.